The maximum absolute atomic E-state index is 5.80. The molecule has 0 radical (unpaired) electrons. The lowest BCUT2D eigenvalue weighted by Gasteiger charge is -2.11. The summed E-state index contributed by atoms with van der Waals surface area (Å²) in [5.41, 5.74) is 0.695. The van der Waals surface area contributed by atoms with Crippen LogP contribution in [0.5, 0.6) is 11.5 Å². The van der Waals surface area contributed by atoms with Gasteiger partial charge in [-0.1, -0.05) is 0 Å². The molecule has 3 rings (SSSR count). The summed E-state index contributed by atoms with van der Waals surface area (Å²) in [5, 5.41) is 7.97. The number of aryl methyl sites for hydroxylation is 1. The van der Waals surface area contributed by atoms with Crippen LogP contribution < -0.4 is 9.47 Å². The largest absolute Gasteiger partial charge is 0.494 e. The Morgan fingerprint density at radius 1 is 1.13 bits per heavy atom. The number of hydrogen-bond donors (Lipinski definition) is 0. The Hall–Kier alpha value is -2.83. The molecule has 3 aromatic rings. The first-order chi connectivity index (χ1) is 11.2. The standard InChI is InChI=1S/C16H17N3O4/c1-4-20-12-5-7-13(8-6-12)22-11(3)15-18-19-16(23-15)14-10(2)17-9-21-14/h5-9,11H,4H2,1-3H3. The highest BCUT2D eigenvalue weighted by molar-refractivity contribution is 5.46. The third-order valence-corrected chi connectivity index (χ3v) is 3.18. The topological polar surface area (TPSA) is 83.4 Å². The van der Waals surface area contributed by atoms with Gasteiger partial charge in [-0.15, -0.1) is 10.2 Å². The number of benzene rings is 1. The van der Waals surface area contributed by atoms with Crippen LogP contribution >= 0.6 is 0 Å². The van der Waals surface area contributed by atoms with Gasteiger partial charge in [0.15, 0.2) is 12.5 Å². The van der Waals surface area contributed by atoms with Gasteiger partial charge >= 0.3 is 0 Å². The highest BCUT2D eigenvalue weighted by Gasteiger charge is 2.19. The van der Waals surface area contributed by atoms with Gasteiger partial charge in [-0.2, -0.15) is 0 Å². The Labute approximate surface area is 133 Å². The van der Waals surface area contributed by atoms with Crippen molar-refractivity contribution in [2.45, 2.75) is 26.9 Å². The van der Waals surface area contributed by atoms with Crippen LogP contribution in [-0.2, 0) is 0 Å². The van der Waals surface area contributed by atoms with Gasteiger partial charge in [0.05, 0.1) is 12.3 Å². The normalized spacial score (nSPS) is 12.1. The van der Waals surface area contributed by atoms with Gasteiger partial charge in [0, 0.05) is 0 Å². The summed E-state index contributed by atoms with van der Waals surface area (Å²) < 4.78 is 22.0. The van der Waals surface area contributed by atoms with Crippen molar-refractivity contribution in [3.05, 3.63) is 42.2 Å². The van der Waals surface area contributed by atoms with Gasteiger partial charge in [-0.3, -0.25) is 0 Å². The van der Waals surface area contributed by atoms with Crippen LogP contribution in [0.2, 0.25) is 0 Å². The molecule has 0 amide bonds. The van der Waals surface area contributed by atoms with Crippen molar-refractivity contribution in [2.75, 3.05) is 6.61 Å². The number of ether oxygens (including phenoxy) is 2. The highest BCUT2D eigenvalue weighted by Crippen LogP contribution is 2.26. The molecule has 2 heterocycles. The van der Waals surface area contributed by atoms with Crippen LogP contribution in [0.15, 0.2) is 39.5 Å². The fraction of sp³-hybridized carbons (Fsp3) is 0.312. The van der Waals surface area contributed by atoms with Crippen LogP contribution in [0.3, 0.4) is 0 Å². The summed E-state index contributed by atoms with van der Waals surface area (Å²) >= 11 is 0. The van der Waals surface area contributed by atoms with E-state index in [0.717, 1.165) is 5.75 Å². The lowest BCUT2D eigenvalue weighted by molar-refractivity contribution is 0.189. The molecular formula is C16H17N3O4. The fourth-order valence-electron chi connectivity index (χ4n) is 2.03. The minimum atomic E-state index is -0.391. The molecule has 0 fully saturated rings. The summed E-state index contributed by atoms with van der Waals surface area (Å²) in [5.74, 6) is 2.61. The predicted octanol–water partition coefficient (Wildman–Crippen LogP) is 3.57. The first-order valence-corrected chi connectivity index (χ1v) is 7.30. The van der Waals surface area contributed by atoms with Crippen LogP contribution in [0.4, 0.5) is 0 Å². The monoisotopic (exact) mass is 315 g/mol. The second kappa shape index (κ2) is 6.51. The van der Waals surface area contributed by atoms with Crippen LogP contribution in [-0.4, -0.2) is 21.8 Å². The van der Waals surface area contributed by atoms with Gasteiger partial charge in [-0.25, -0.2) is 4.98 Å². The Kier molecular flexibility index (Phi) is 4.27. The minimum absolute atomic E-state index is 0.289. The molecule has 0 saturated carbocycles. The number of oxazole rings is 1. The first-order valence-electron chi connectivity index (χ1n) is 7.30. The smallest absolute Gasteiger partial charge is 0.285 e. The quantitative estimate of drug-likeness (QED) is 0.687. The molecule has 7 nitrogen and oxygen atoms in total. The van der Waals surface area contributed by atoms with Crippen molar-refractivity contribution in [3.8, 4) is 23.1 Å². The van der Waals surface area contributed by atoms with Gasteiger partial charge < -0.3 is 18.3 Å². The van der Waals surface area contributed by atoms with E-state index in [0.29, 0.717) is 29.7 Å². The molecule has 0 aliphatic rings. The number of rotatable bonds is 6. The van der Waals surface area contributed by atoms with Gasteiger partial charge in [0.2, 0.25) is 5.76 Å². The van der Waals surface area contributed by atoms with Crippen molar-refractivity contribution >= 4 is 0 Å². The molecule has 1 unspecified atom stereocenters. The second-order valence-electron chi connectivity index (χ2n) is 4.88. The Morgan fingerprint density at radius 3 is 2.52 bits per heavy atom. The minimum Gasteiger partial charge on any atom is -0.494 e. The third kappa shape index (κ3) is 3.33. The Balaban J connectivity index is 1.70. The average molecular weight is 315 g/mol. The number of aromatic nitrogens is 3. The number of hydrogen-bond acceptors (Lipinski definition) is 7. The van der Waals surface area contributed by atoms with E-state index in [2.05, 4.69) is 15.2 Å². The molecular weight excluding hydrogens is 298 g/mol. The zero-order valence-electron chi connectivity index (χ0n) is 13.1. The van der Waals surface area contributed by atoms with E-state index in [9.17, 15) is 0 Å². The highest BCUT2D eigenvalue weighted by atomic mass is 16.5. The van der Waals surface area contributed by atoms with E-state index in [1.807, 2.05) is 45.0 Å². The first kappa shape index (κ1) is 15.1. The molecule has 23 heavy (non-hydrogen) atoms. The van der Waals surface area contributed by atoms with Gasteiger partial charge in [-0.05, 0) is 45.0 Å². The lowest BCUT2D eigenvalue weighted by atomic mass is 10.3. The number of nitrogens with zero attached hydrogens (tertiary/aromatic N) is 3. The lowest BCUT2D eigenvalue weighted by Crippen LogP contribution is -2.03. The van der Waals surface area contributed by atoms with Gasteiger partial charge in [0.1, 0.15) is 11.5 Å². The Bertz CT molecular complexity index is 764. The molecule has 1 atom stereocenters. The zero-order chi connectivity index (χ0) is 16.2. The van der Waals surface area contributed by atoms with E-state index in [-0.39, 0.29) is 5.89 Å². The van der Waals surface area contributed by atoms with Crippen LogP contribution in [0, 0.1) is 6.92 Å². The van der Waals surface area contributed by atoms with Crippen molar-refractivity contribution < 1.29 is 18.3 Å². The molecule has 0 aliphatic heterocycles. The van der Waals surface area contributed by atoms with Crippen LogP contribution in [0.1, 0.15) is 31.5 Å². The van der Waals surface area contributed by atoms with Crippen molar-refractivity contribution in [1.82, 2.24) is 15.2 Å². The molecule has 0 N–H and O–H groups in total. The summed E-state index contributed by atoms with van der Waals surface area (Å²) in [6.45, 7) is 6.21. The molecule has 1 aromatic carbocycles. The molecule has 7 heteroatoms. The summed E-state index contributed by atoms with van der Waals surface area (Å²) in [4.78, 5) is 4.00. The summed E-state index contributed by atoms with van der Waals surface area (Å²) in [6.07, 6.45) is 0.950. The summed E-state index contributed by atoms with van der Waals surface area (Å²) in [7, 11) is 0. The molecule has 0 saturated heterocycles. The zero-order valence-corrected chi connectivity index (χ0v) is 13.1. The molecule has 0 spiro atoms. The third-order valence-electron chi connectivity index (χ3n) is 3.18. The fourth-order valence-corrected chi connectivity index (χ4v) is 2.03. The molecule has 2 aromatic heterocycles. The van der Waals surface area contributed by atoms with Crippen molar-refractivity contribution in [1.29, 1.82) is 0 Å². The van der Waals surface area contributed by atoms with E-state index >= 15 is 0 Å². The molecule has 0 aliphatic carbocycles. The molecule has 120 valence electrons. The summed E-state index contributed by atoms with van der Waals surface area (Å²) in [6, 6.07) is 7.37. The Morgan fingerprint density at radius 2 is 1.87 bits per heavy atom. The van der Waals surface area contributed by atoms with Crippen molar-refractivity contribution in [2.24, 2.45) is 0 Å². The van der Waals surface area contributed by atoms with Crippen LogP contribution in [0.25, 0.3) is 11.7 Å². The van der Waals surface area contributed by atoms with E-state index in [4.69, 9.17) is 18.3 Å². The molecule has 0 bridgehead atoms. The predicted molar refractivity (Wildman–Crippen MR) is 81.2 cm³/mol. The second-order valence-corrected chi connectivity index (χ2v) is 4.88. The van der Waals surface area contributed by atoms with E-state index < -0.39 is 6.10 Å². The van der Waals surface area contributed by atoms with Crippen molar-refractivity contribution in [3.63, 3.8) is 0 Å². The average Bonchev–Trinajstić information content (AvgIpc) is 3.18. The van der Waals surface area contributed by atoms with E-state index in [1.54, 1.807) is 0 Å². The maximum Gasteiger partial charge on any atom is 0.285 e. The SMILES string of the molecule is CCOc1ccc(OC(C)c2nnc(-c3ocnc3C)o2)cc1. The van der Waals surface area contributed by atoms with E-state index in [1.165, 1.54) is 6.39 Å². The maximum atomic E-state index is 5.80. The van der Waals surface area contributed by atoms with Gasteiger partial charge in [0.25, 0.3) is 11.8 Å².